The molecule has 0 fully saturated rings. The van der Waals surface area contributed by atoms with Crippen LogP contribution in [-0.4, -0.2) is 41.8 Å². The summed E-state index contributed by atoms with van der Waals surface area (Å²) in [7, 11) is 1.56. The molecule has 1 aromatic rings. The summed E-state index contributed by atoms with van der Waals surface area (Å²) < 4.78 is 5.06. The number of hydrogen-bond donors (Lipinski definition) is 3. The molecule has 0 unspecified atom stereocenters. The van der Waals surface area contributed by atoms with E-state index in [2.05, 4.69) is 5.32 Å². The van der Waals surface area contributed by atoms with E-state index in [4.69, 9.17) is 14.9 Å². The number of ether oxygens (including phenoxy) is 1. The molecule has 6 heteroatoms. The van der Waals surface area contributed by atoms with E-state index < -0.39 is 24.5 Å². The number of nitrogens with one attached hydrogen (secondary N) is 1. The number of aliphatic hydroxyl groups is 1. The van der Waals surface area contributed by atoms with Crippen molar-refractivity contribution in [1.29, 1.82) is 0 Å². The van der Waals surface area contributed by atoms with E-state index in [1.165, 1.54) is 0 Å². The molecule has 0 bridgehead atoms. The van der Waals surface area contributed by atoms with Crippen molar-refractivity contribution in [1.82, 2.24) is 5.32 Å². The van der Waals surface area contributed by atoms with Crippen LogP contribution in [0.3, 0.4) is 0 Å². The molecule has 0 spiro atoms. The zero-order chi connectivity index (χ0) is 14.3. The lowest BCUT2D eigenvalue weighted by Gasteiger charge is -2.11. The molecule has 0 aliphatic heterocycles. The molecule has 0 heterocycles. The first-order valence-electron chi connectivity index (χ1n) is 5.82. The minimum Gasteiger partial charge on any atom is -0.497 e. The molecule has 0 saturated heterocycles. The zero-order valence-electron chi connectivity index (χ0n) is 10.6. The number of benzene rings is 1. The first kappa shape index (κ1) is 15.0. The Morgan fingerprint density at radius 3 is 2.74 bits per heavy atom. The number of aliphatic carboxylic acids is 1. The van der Waals surface area contributed by atoms with Crippen molar-refractivity contribution < 1.29 is 24.5 Å². The Kier molecular flexibility index (Phi) is 5.81. The second-order valence-corrected chi connectivity index (χ2v) is 3.99. The first-order chi connectivity index (χ1) is 9.06. The largest absolute Gasteiger partial charge is 0.497 e. The summed E-state index contributed by atoms with van der Waals surface area (Å²) in [4.78, 5) is 22.2. The lowest BCUT2D eigenvalue weighted by atomic mass is 10.1. The summed E-state index contributed by atoms with van der Waals surface area (Å²) in [5, 5.41) is 19.7. The molecule has 0 aromatic heterocycles. The summed E-state index contributed by atoms with van der Waals surface area (Å²) >= 11 is 0. The Labute approximate surface area is 111 Å². The summed E-state index contributed by atoms with van der Waals surface area (Å²) in [6.45, 7) is -0.625. The van der Waals surface area contributed by atoms with E-state index in [1.807, 2.05) is 18.2 Å². The van der Waals surface area contributed by atoms with Gasteiger partial charge in [-0.15, -0.1) is 0 Å². The monoisotopic (exact) mass is 267 g/mol. The molecule has 1 rings (SSSR count). The van der Waals surface area contributed by atoms with Crippen LogP contribution in [0.1, 0.15) is 12.0 Å². The van der Waals surface area contributed by atoms with Crippen molar-refractivity contribution in [2.24, 2.45) is 0 Å². The normalized spacial score (nSPS) is 11.7. The van der Waals surface area contributed by atoms with E-state index in [0.29, 0.717) is 12.2 Å². The van der Waals surface area contributed by atoms with Gasteiger partial charge in [0.1, 0.15) is 11.8 Å². The molecule has 6 nitrogen and oxygen atoms in total. The van der Waals surface area contributed by atoms with Gasteiger partial charge >= 0.3 is 5.97 Å². The molecule has 0 aliphatic rings. The molecule has 1 amide bonds. The van der Waals surface area contributed by atoms with Crippen molar-refractivity contribution in [3.63, 3.8) is 0 Å². The summed E-state index contributed by atoms with van der Waals surface area (Å²) in [5.74, 6) is -0.960. The molecule has 3 N–H and O–H groups in total. The second-order valence-electron chi connectivity index (χ2n) is 3.99. The van der Waals surface area contributed by atoms with Gasteiger partial charge in [-0.1, -0.05) is 12.1 Å². The van der Waals surface area contributed by atoms with Gasteiger partial charge in [0.05, 0.1) is 13.7 Å². The van der Waals surface area contributed by atoms with Gasteiger partial charge in [-0.05, 0) is 24.1 Å². The number of methoxy groups -OCH3 is 1. The maximum Gasteiger partial charge on any atom is 0.328 e. The van der Waals surface area contributed by atoms with Crippen LogP contribution in [0, 0.1) is 0 Å². The Balaban J connectivity index is 2.47. The number of amides is 1. The maximum absolute atomic E-state index is 11.5. The predicted octanol–water partition coefficient (Wildman–Crippen LogP) is 0.189. The van der Waals surface area contributed by atoms with Crippen molar-refractivity contribution in [2.45, 2.75) is 18.9 Å². The van der Waals surface area contributed by atoms with Crippen LogP contribution in [0.5, 0.6) is 5.75 Å². The summed E-state index contributed by atoms with van der Waals surface area (Å²) in [6, 6.07) is 6.04. The third kappa shape index (κ3) is 4.97. The number of hydrogen-bond acceptors (Lipinski definition) is 4. The van der Waals surface area contributed by atoms with Gasteiger partial charge in [-0.3, -0.25) is 4.79 Å². The Morgan fingerprint density at radius 1 is 1.42 bits per heavy atom. The smallest absolute Gasteiger partial charge is 0.328 e. The van der Waals surface area contributed by atoms with E-state index in [-0.39, 0.29) is 6.42 Å². The Hall–Kier alpha value is -2.08. The van der Waals surface area contributed by atoms with Crippen LogP contribution >= 0.6 is 0 Å². The molecule has 0 radical (unpaired) electrons. The van der Waals surface area contributed by atoms with Gasteiger partial charge in [0.2, 0.25) is 5.91 Å². The fourth-order valence-corrected chi connectivity index (χ4v) is 1.54. The molecule has 0 saturated carbocycles. The predicted molar refractivity (Wildman–Crippen MR) is 68.0 cm³/mol. The Bertz CT molecular complexity index is 446. The third-order valence-electron chi connectivity index (χ3n) is 2.59. The number of aliphatic hydroxyl groups excluding tert-OH is 1. The molecule has 104 valence electrons. The topological polar surface area (TPSA) is 95.9 Å². The molecule has 19 heavy (non-hydrogen) atoms. The standard InChI is InChI=1S/C13H17NO5/c1-19-10-4-2-3-9(7-10)5-6-12(16)14-11(8-15)13(17)18/h2-4,7,11,15H,5-6,8H2,1H3,(H,14,16)(H,17,18)/t11-/m0/s1. The number of rotatable bonds is 7. The fourth-order valence-electron chi connectivity index (χ4n) is 1.54. The summed E-state index contributed by atoms with van der Waals surface area (Å²) in [5.41, 5.74) is 0.922. The lowest BCUT2D eigenvalue weighted by molar-refractivity contribution is -0.142. The van der Waals surface area contributed by atoms with Crippen molar-refractivity contribution in [3.8, 4) is 5.75 Å². The highest BCUT2D eigenvalue weighted by atomic mass is 16.5. The first-order valence-corrected chi connectivity index (χ1v) is 5.82. The molecule has 1 aromatic carbocycles. The van der Waals surface area contributed by atoms with Gasteiger partial charge < -0.3 is 20.3 Å². The molecule has 1 atom stereocenters. The maximum atomic E-state index is 11.5. The summed E-state index contributed by atoms with van der Waals surface area (Å²) in [6.07, 6.45) is 0.623. The van der Waals surface area contributed by atoms with Crippen LogP contribution in [0.25, 0.3) is 0 Å². The van der Waals surface area contributed by atoms with Gasteiger partial charge in [0.25, 0.3) is 0 Å². The number of carbonyl (C=O) groups excluding carboxylic acids is 1. The Morgan fingerprint density at radius 2 is 2.16 bits per heavy atom. The second kappa shape index (κ2) is 7.38. The minimum atomic E-state index is -1.25. The molecular formula is C13H17NO5. The van der Waals surface area contributed by atoms with Gasteiger partial charge in [0, 0.05) is 6.42 Å². The number of aryl methyl sites for hydroxylation is 1. The van der Waals surface area contributed by atoms with Crippen LogP contribution in [0.2, 0.25) is 0 Å². The van der Waals surface area contributed by atoms with Crippen LogP contribution in [0.4, 0.5) is 0 Å². The average molecular weight is 267 g/mol. The highest BCUT2D eigenvalue weighted by Crippen LogP contribution is 2.13. The quantitative estimate of drug-likeness (QED) is 0.655. The van der Waals surface area contributed by atoms with E-state index in [9.17, 15) is 9.59 Å². The highest BCUT2D eigenvalue weighted by molar-refractivity contribution is 5.83. The number of carboxylic acid groups (broad SMARTS) is 1. The van der Waals surface area contributed by atoms with Crippen molar-refractivity contribution >= 4 is 11.9 Å². The van der Waals surface area contributed by atoms with Crippen LogP contribution in [0.15, 0.2) is 24.3 Å². The fraction of sp³-hybridized carbons (Fsp3) is 0.385. The van der Waals surface area contributed by atoms with E-state index in [1.54, 1.807) is 13.2 Å². The van der Waals surface area contributed by atoms with Crippen LogP contribution < -0.4 is 10.1 Å². The average Bonchev–Trinajstić information content (AvgIpc) is 2.42. The minimum absolute atomic E-state index is 0.150. The van der Waals surface area contributed by atoms with E-state index in [0.717, 1.165) is 5.56 Å². The molecular weight excluding hydrogens is 250 g/mol. The van der Waals surface area contributed by atoms with Crippen molar-refractivity contribution in [3.05, 3.63) is 29.8 Å². The SMILES string of the molecule is COc1cccc(CCC(=O)N[C@@H](CO)C(=O)O)c1. The van der Waals surface area contributed by atoms with Gasteiger partial charge in [-0.25, -0.2) is 4.79 Å². The zero-order valence-corrected chi connectivity index (χ0v) is 10.6. The van der Waals surface area contributed by atoms with Crippen molar-refractivity contribution in [2.75, 3.05) is 13.7 Å². The number of carbonyl (C=O) groups is 2. The lowest BCUT2D eigenvalue weighted by Crippen LogP contribution is -2.43. The van der Waals surface area contributed by atoms with E-state index >= 15 is 0 Å². The highest BCUT2D eigenvalue weighted by Gasteiger charge is 2.18. The van der Waals surface area contributed by atoms with Gasteiger partial charge in [-0.2, -0.15) is 0 Å². The van der Waals surface area contributed by atoms with Crippen LogP contribution in [-0.2, 0) is 16.0 Å². The molecule has 0 aliphatic carbocycles. The number of carboxylic acids is 1. The van der Waals surface area contributed by atoms with Gasteiger partial charge in [0.15, 0.2) is 0 Å². The third-order valence-corrected chi connectivity index (χ3v) is 2.59.